The van der Waals surface area contributed by atoms with Crippen LogP contribution in [0.4, 0.5) is 0 Å². The third kappa shape index (κ3) is 3.13. The maximum Gasteiger partial charge on any atom is 0.215 e. The molecule has 1 aromatic carbocycles. The maximum absolute atomic E-state index is 6.64. The molecule has 1 aliphatic carbocycles. The summed E-state index contributed by atoms with van der Waals surface area (Å²) in [6, 6.07) is 10.7. The van der Waals surface area contributed by atoms with E-state index in [1.54, 1.807) is 5.20 Å². The van der Waals surface area contributed by atoms with Gasteiger partial charge in [0.1, 0.15) is 0 Å². The second kappa shape index (κ2) is 6.55. The summed E-state index contributed by atoms with van der Waals surface area (Å²) < 4.78 is 6.64. The molecule has 1 unspecified atom stereocenters. The van der Waals surface area contributed by atoms with Crippen LogP contribution in [0.15, 0.2) is 48.2 Å². The Kier molecular flexibility index (Phi) is 4.69. The SMILES string of the molecule is C=C/C(=C1/CC(C2CCCCC2)O[Si]1(C)C)c1ccccc1. The van der Waals surface area contributed by atoms with Crippen molar-refractivity contribution in [3.63, 3.8) is 0 Å². The summed E-state index contributed by atoms with van der Waals surface area (Å²) in [6.45, 7) is 8.81. The molecule has 3 rings (SSSR count). The maximum atomic E-state index is 6.64. The van der Waals surface area contributed by atoms with Crippen molar-refractivity contribution in [3.05, 3.63) is 53.7 Å². The highest BCUT2D eigenvalue weighted by molar-refractivity contribution is 6.80. The van der Waals surface area contributed by atoms with Crippen molar-refractivity contribution in [2.24, 2.45) is 5.92 Å². The summed E-state index contributed by atoms with van der Waals surface area (Å²) in [7, 11) is -1.78. The minimum Gasteiger partial charge on any atom is -0.410 e. The van der Waals surface area contributed by atoms with E-state index in [0.717, 1.165) is 12.3 Å². The molecule has 0 aromatic heterocycles. The van der Waals surface area contributed by atoms with Crippen molar-refractivity contribution in [1.29, 1.82) is 0 Å². The lowest BCUT2D eigenvalue weighted by molar-refractivity contribution is 0.122. The van der Waals surface area contributed by atoms with Crippen LogP contribution in [0.5, 0.6) is 0 Å². The summed E-state index contributed by atoms with van der Waals surface area (Å²) >= 11 is 0. The van der Waals surface area contributed by atoms with Crippen molar-refractivity contribution < 1.29 is 4.43 Å². The first-order chi connectivity index (χ1) is 10.6. The van der Waals surface area contributed by atoms with E-state index in [2.05, 4.69) is 50.0 Å². The zero-order valence-electron chi connectivity index (χ0n) is 14.0. The van der Waals surface area contributed by atoms with Crippen molar-refractivity contribution >= 4 is 13.9 Å². The molecule has 1 nitrogen and oxygen atoms in total. The largest absolute Gasteiger partial charge is 0.410 e. The summed E-state index contributed by atoms with van der Waals surface area (Å²) in [4.78, 5) is 0. The van der Waals surface area contributed by atoms with Crippen LogP contribution in [0.3, 0.4) is 0 Å². The number of rotatable bonds is 3. The Labute approximate surface area is 136 Å². The van der Waals surface area contributed by atoms with Gasteiger partial charge in [-0.25, -0.2) is 0 Å². The molecular weight excluding hydrogens is 284 g/mol. The topological polar surface area (TPSA) is 9.23 Å². The summed E-state index contributed by atoms with van der Waals surface area (Å²) in [5, 5.41) is 1.56. The molecule has 1 atom stereocenters. The Morgan fingerprint density at radius 3 is 2.45 bits per heavy atom. The van der Waals surface area contributed by atoms with Crippen LogP contribution in [0, 0.1) is 5.92 Å². The van der Waals surface area contributed by atoms with Gasteiger partial charge < -0.3 is 4.43 Å². The van der Waals surface area contributed by atoms with Gasteiger partial charge in [0, 0.05) is 0 Å². The average Bonchev–Trinajstić information content (AvgIpc) is 2.86. The van der Waals surface area contributed by atoms with E-state index in [1.807, 2.05) is 6.08 Å². The lowest BCUT2D eigenvalue weighted by atomic mass is 9.84. The molecular formula is C20H28OSi. The second-order valence-corrected chi connectivity index (χ2v) is 11.1. The lowest BCUT2D eigenvalue weighted by Crippen LogP contribution is -2.31. The molecule has 1 heterocycles. The number of allylic oxidation sites excluding steroid dienone is 2. The summed E-state index contributed by atoms with van der Waals surface area (Å²) in [5.41, 5.74) is 2.62. The molecule has 2 aliphatic rings. The van der Waals surface area contributed by atoms with E-state index in [4.69, 9.17) is 4.43 Å². The van der Waals surface area contributed by atoms with Gasteiger partial charge in [0.25, 0.3) is 0 Å². The van der Waals surface area contributed by atoms with Crippen LogP contribution >= 0.6 is 0 Å². The molecule has 0 bridgehead atoms. The Morgan fingerprint density at radius 2 is 1.82 bits per heavy atom. The van der Waals surface area contributed by atoms with Crippen molar-refractivity contribution in [2.45, 2.75) is 57.7 Å². The van der Waals surface area contributed by atoms with Gasteiger partial charge in [-0.2, -0.15) is 0 Å². The van der Waals surface area contributed by atoms with Gasteiger partial charge in [-0.1, -0.05) is 62.2 Å². The van der Waals surface area contributed by atoms with E-state index >= 15 is 0 Å². The molecule has 2 fully saturated rings. The molecule has 1 saturated carbocycles. The minimum absolute atomic E-state index is 0.454. The Bertz CT molecular complexity index is 552. The van der Waals surface area contributed by atoms with Crippen molar-refractivity contribution in [3.8, 4) is 0 Å². The Morgan fingerprint density at radius 1 is 1.14 bits per heavy atom. The molecule has 0 amide bonds. The predicted molar refractivity (Wildman–Crippen MR) is 97.1 cm³/mol. The standard InChI is InChI=1S/C20H28OSi/c1-4-18(16-11-7-5-8-12-16)20-15-19(21-22(20,2)3)17-13-9-6-10-14-17/h4-5,7-8,11-12,17,19H,1,6,9-10,13-15H2,2-3H3/b20-18+. The van der Waals surface area contributed by atoms with Crippen LogP contribution in [0.1, 0.15) is 44.1 Å². The normalized spacial score (nSPS) is 27.6. The molecule has 1 aromatic rings. The number of benzene rings is 1. The summed E-state index contributed by atoms with van der Waals surface area (Å²) in [6.07, 6.45) is 10.5. The van der Waals surface area contributed by atoms with E-state index in [-0.39, 0.29) is 0 Å². The van der Waals surface area contributed by atoms with Gasteiger partial charge in [-0.15, -0.1) is 0 Å². The van der Waals surface area contributed by atoms with E-state index < -0.39 is 8.32 Å². The second-order valence-electron chi connectivity index (χ2n) is 7.23. The van der Waals surface area contributed by atoms with E-state index in [0.29, 0.717) is 6.10 Å². The van der Waals surface area contributed by atoms with Crippen LogP contribution in [0.25, 0.3) is 5.57 Å². The number of hydrogen-bond donors (Lipinski definition) is 0. The molecule has 0 spiro atoms. The minimum atomic E-state index is -1.78. The highest BCUT2D eigenvalue weighted by Gasteiger charge is 2.43. The molecule has 1 aliphatic heterocycles. The van der Waals surface area contributed by atoms with E-state index in [9.17, 15) is 0 Å². The zero-order chi connectivity index (χ0) is 15.6. The predicted octanol–water partition coefficient (Wildman–Crippen LogP) is 5.74. The quantitative estimate of drug-likeness (QED) is 0.647. The van der Waals surface area contributed by atoms with Crippen molar-refractivity contribution in [2.75, 3.05) is 0 Å². The monoisotopic (exact) mass is 312 g/mol. The fraction of sp³-hybridized carbons (Fsp3) is 0.500. The van der Waals surface area contributed by atoms with E-state index in [1.165, 1.54) is 43.2 Å². The number of hydrogen-bond acceptors (Lipinski definition) is 1. The highest BCUT2D eigenvalue weighted by atomic mass is 28.4. The third-order valence-electron chi connectivity index (χ3n) is 5.37. The molecule has 2 heteroatoms. The lowest BCUT2D eigenvalue weighted by Gasteiger charge is -2.28. The van der Waals surface area contributed by atoms with Crippen molar-refractivity contribution in [1.82, 2.24) is 0 Å². The Hall–Kier alpha value is -1.12. The first-order valence-corrected chi connectivity index (χ1v) is 11.6. The van der Waals surface area contributed by atoms with Gasteiger partial charge in [-0.3, -0.25) is 0 Å². The molecule has 0 radical (unpaired) electrons. The zero-order valence-corrected chi connectivity index (χ0v) is 15.0. The smallest absolute Gasteiger partial charge is 0.215 e. The van der Waals surface area contributed by atoms with Crippen LogP contribution in [-0.2, 0) is 4.43 Å². The highest BCUT2D eigenvalue weighted by Crippen LogP contribution is 2.43. The average molecular weight is 313 g/mol. The third-order valence-corrected chi connectivity index (χ3v) is 8.19. The van der Waals surface area contributed by atoms with Gasteiger partial charge in [0.2, 0.25) is 8.32 Å². The Balaban J connectivity index is 1.91. The van der Waals surface area contributed by atoms with Crippen LogP contribution in [0.2, 0.25) is 13.1 Å². The summed E-state index contributed by atoms with van der Waals surface area (Å²) in [5.74, 6) is 0.778. The molecule has 1 saturated heterocycles. The van der Waals surface area contributed by atoms with Gasteiger partial charge in [0.15, 0.2) is 0 Å². The van der Waals surface area contributed by atoms with Gasteiger partial charge in [-0.05, 0) is 54.6 Å². The van der Waals surface area contributed by atoms with Gasteiger partial charge >= 0.3 is 0 Å². The fourth-order valence-corrected chi connectivity index (χ4v) is 6.94. The molecule has 118 valence electrons. The fourth-order valence-electron chi connectivity index (χ4n) is 4.17. The van der Waals surface area contributed by atoms with Crippen LogP contribution < -0.4 is 0 Å². The first-order valence-electron chi connectivity index (χ1n) is 8.71. The molecule has 22 heavy (non-hydrogen) atoms. The van der Waals surface area contributed by atoms with Crippen LogP contribution in [-0.4, -0.2) is 14.4 Å². The van der Waals surface area contributed by atoms with Gasteiger partial charge in [0.05, 0.1) is 6.10 Å². The first kappa shape index (κ1) is 15.8. The molecule has 0 N–H and O–H groups in total.